The molecule has 0 aliphatic carbocycles. The number of hydrogen-bond donors (Lipinski definition) is 2. The SMILES string of the molecule is NC(=O)c1cn(Cc2ccccc2)c(=O)cc1CO. The molecule has 19 heavy (non-hydrogen) atoms. The molecule has 0 unspecified atom stereocenters. The van der Waals surface area contributed by atoms with Gasteiger partial charge in [-0.15, -0.1) is 0 Å². The van der Waals surface area contributed by atoms with Crippen molar-refractivity contribution in [3.05, 3.63) is 69.6 Å². The summed E-state index contributed by atoms with van der Waals surface area (Å²) in [5.74, 6) is -0.661. The number of primary amides is 1. The van der Waals surface area contributed by atoms with E-state index in [1.165, 1.54) is 16.8 Å². The Balaban J connectivity index is 2.44. The molecule has 0 spiro atoms. The maximum atomic E-state index is 11.9. The zero-order valence-corrected chi connectivity index (χ0v) is 10.2. The van der Waals surface area contributed by atoms with Crippen LogP contribution in [0.4, 0.5) is 0 Å². The van der Waals surface area contributed by atoms with Crippen molar-refractivity contribution in [3.63, 3.8) is 0 Å². The fourth-order valence-corrected chi connectivity index (χ4v) is 1.87. The summed E-state index contributed by atoms with van der Waals surface area (Å²) in [7, 11) is 0. The molecular formula is C14H14N2O3. The Morgan fingerprint density at radius 2 is 1.95 bits per heavy atom. The second-order valence-corrected chi connectivity index (χ2v) is 4.19. The molecule has 0 atom stereocenters. The summed E-state index contributed by atoms with van der Waals surface area (Å²) in [6, 6.07) is 10.6. The lowest BCUT2D eigenvalue weighted by atomic mass is 10.1. The van der Waals surface area contributed by atoms with Crippen LogP contribution in [0.15, 0.2) is 47.4 Å². The maximum Gasteiger partial charge on any atom is 0.251 e. The maximum absolute atomic E-state index is 11.9. The van der Waals surface area contributed by atoms with Gasteiger partial charge in [0, 0.05) is 12.3 Å². The van der Waals surface area contributed by atoms with Gasteiger partial charge in [0.2, 0.25) is 0 Å². The van der Waals surface area contributed by atoms with Crippen molar-refractivity contribution in [2.75, 3.05) is 0 Å². The zero-order chi connectivity index (χ0) is 13.8. The summed E-state index contributed by atoms with van der Waals surface area (Å²) in [5, 5.41) is 9.12. The topological polar surface area (TPSA) is 85.3 Å². The van der Waals surface area contributed by atoms with Gasteiger partial charge in [0.15, 0.2) is 0 Å². The Hall–Kier alpha value is -2.40. The molecule has 0 saturated carbocycles. The van der Waals surface area contributed by atoms with Gasteiger partial charge in [-0.1, -0.05) is 30.3 Å². The highest BCUT2D eigenvalue weighted by Crippen LogP contribution is 2.07. The van der Waals surface area contributed by atoms with Crippen LogP contribution in [0.5, 0.6) is 0 Å². The summed E-state index contributed by atoms with van der Waals surface area (Å²) in [6.07, 6.45) is 1.39. The van der Waals surface area contributed by atoms with Gasteiger partial charge in [-0.25, -0.2) is 0 Å². The quantitative estimate of drug-likeness (QED) is 0.836. The molecule has 0 saturated heterocycles. The van der Waals surface area contributed by atoms with E-state index >= 15 is 0 Å². The third-order valence-electron chi connectivity index (χ3n) is 2.84. The molecule has 1 aromatic heterocycles. The van der Waals surface area contributed by atoms with E-state index in [9.17, 15) is 9.59 Å². The molecule has 1 aromatic carbocycles. The standard InChI is InChI=1S/C14H14N2O3/c15-14(19)12-8-16(13(18)6-11(12)9-17)7-10-4-2-1-3-5-10/h1-6,8,17H,7,9H2,(H2,15,19). The summed E-state index contributed by atoms with van der Waals surface area (Å²) < 4.78 is 1.40. The average Bonchev–Trinajstić information content (AvgIpc) is 2.41. The minimum atomic E-state index is -0.661. The second-order valence-electron chi connectivity index (χ2n) is 4.19. The summed E-state index contributed by atoms with van der Waals surface area (Å²) in [4.78, 5) is 23.2. The van der Waals surface area contributed by atoms with Crippen molar-refractivity contribution in [3.8, 4) is 0 Å². The highest BCUT2D eigenvalue weighted by Gasteiger charge is 2.11. The van der Waals surface area contributed by atoms with E-state index in [1.807, 2.05) is 30.3 Å². The van der Waals surface area contributed by atoms with Crippen molar-refractivity contribution in [1.29, 1.82) is 0 Å². The number of nitrogens with two attached hydrogens (primary N) is 1. The lowest BCUT2D eigenvalue weighted by Crippen LogP contribution is -2.25. The number of aliphatic hydroxyl groups excluding tert-OH is 1. The number of rotatable bonds is 4. The zero-order valence-electron chi connectivity index (χ0n) is 10.2. The summed E-state index contributed by atoms with van der Waals surface area (Å²) in [6.45, 7) is -0.0364. The van der Waals surface area contributed by atoms with Gasteiger partial charge in [-0.2, -0.15) is 0 Å². The number of hydrogen-bond acceptors (Lipinski definition) is 3. The predicted octanol–water partition coefficient (Wildman–Crippen LogP) is 0.488. The van der Waals surface area contributed by atoms with E-state index in [0.29, 0.717) is 6.54 Å². The largest absolute Gasteiger partial charge is 0.392 e. The fourth-order valence-electron chi connectivity index (χ4n) is 1.87. The monoisotopic (exact) mass is 258 g/mol. The van der Waals surface area contributed by atoms with Crippen LogP contribution in [-0.4, -0.2) is 15.6 Å². The summed E-state index contributed by atoms with van der Waals surface area (Å²) in [5.41, 5.74) is 6.32. The number of aliphatic hydroxyl groups is 1. The van der Waals surface area contributed by atoms with Crippen molar-refractivity contribution >= 4 is 5.91 Å². The Morgan fingerprint density at radius 3 is 2.53 bits per heavy atom. The van der Waals surface area contributed by atoms with Crippen LogP contribution < -0.4 is 11.3 Å². The van der Waals surface area contributed by atoms with Gasteiger partial charge in [-0.3, -0.25) is 9.59 Å². The van der Waals surface area contributed by atoms with Crippen molar-refractivity contribution in [2.45, 2.75) is 13.2 Å². The third kappa shape index (κ3) is 2.89. The number of pyridine rings is 1. The van der Waals surface area contributed by atoms with Crippen molar-refractivity contribution in [1.82, 2.24) is 4.57 Å². The van der Waals surface area contributed by atoms with Gasteiger partial charge in [0.1, 0.15) is 0 Å². The van der Waals surface area contributed by atoms with Gasteiger partial charge in [-0.05, 0) is 11.1 Å². The van der Waals surface area contributed by atoms with E-state index in [4.69, 9.17) is 10.8 Å². The van der Waals surface area contributed by atoms with E-state index in [0.717, 1.165) is 5.56 Å². The highest BCUT2D eigenvalue weighted by molar-refractivity contribution is 5.93. The first-order valence-electron chi connectivity index (χ1n) is 5.80. The van der Waals surface area contributed by atoms with Gasteiger partial charge < -0.3 is 15.4 Å². The van der Waals surface area contributed by atoms with E-state index in [2.05, 4.69) is 0 Å². The molecule has 0 fully saturated rings. The number of carbonyl (C=O) groups is 1. The second kappa shape index (κ2) is 5.49. The van der Waals surface area contributed by atoms with Crippen LogP contribution in [0.25, 0.3) is 0 Å². The molecule has 1 heterocycles. The van der Waals surface area contributed by atoms with E-state index in [1.54, 1.807) is 0 Å². The molecular weight excluding hydrogens is 244 g/mol. The number of carbonyl (C=O) groups excluding carboxylic acids is 1. The summed E-state index contributed by atoms with van der Waals surface area (Å²) >= 11 is 0. The number of amides is 1. The Bertz CT molecular complexity index is 647. The van der Waals surface area contributed by atoms with E-state index in [-0.39, 0.29) is 23.3 Å². The molecule has 0 aliphatic rings. The molecule has 2 rings (SSSR count). The smallest absolute Gasteiger partial charge is 0.251 e. The molecule has 0 bridgehead atoms. The Labute approximate surface area is 109 Å². The molecule has 5 heteroatoms. The predicted molar refractivity (Wildman–Crippen MR) is 70.7 cm³/mol. The molecule has 0 radical (unpaired) electrons. The first kappa shape index (κ1) is 13.0. The first-order valence-corrected chi connectivity index (χ1v) is 5.80. The number of benzene rings is 1. The molecule has 2 aromatic rings. The molecule has 1 amide bonds. The van der Waals surface area contributed by atoms with Gasteiger partial charge in [0.25, 0.3) is 11.5 Å². The van der Waals surface area contributed by atoms with Gasteiger partial charge >= 0.3 is 0 Å². The average molecular weight is 258 g/mol. The minimum absolute atomic E-state index is 0.165. The minimum Gasteiger partial charge on any atom is -0.392 e. The van der Waals surface area contributed by atoms with Crippen LogP contribution in [-0.2, 0) is 13.2 Å². The molecule has 98 valence electrons. The van der Waals surface area contributed by atoms with E-state index < -0.39 is 5.91 Å². The normalized spacial score (nSPS) is 10.4. The lowest BCUT2D eigenvalue weighted by molar-refractivity contribution is 0.0996. The number of aromatic nitrogens is 1. The van der Waals surface area contributed by atoms with Crippen molar-refractivity contribution in [2.24, 2.45) is 5.73 Å². The lowest BCUT2D eigenvalue weighted by Gasteiger charge is -2.10. The van der Waals surface area contributed by atoms with Crippen LogP contribution in [0.3, 0.4) is 0 Å². The number of nitrogens with zero attached hydrogens (tertiary/aromatic N) is 1. The Morgan fingerprint density at radius 1 is 1.26 bits per heavy atom. The fraction of sp³-hybridized carbons (Fsp3) is 0.143. The van der Waals surface area contributed by atoms with Gasteiger partial charge in [0.05, 0.1) is 18.7 Å². The third-order valence-corrected chi connectivity index (χ3v) is 2.84. The highest BCUT2D eigenvalue weighted by atomic mass is 16.3. The molecule has 0 aliphatic heterocycles. The molecule has 5 nitrogen and oxygen atoms in total. The van der Waals surface area contributed by atoms with Crippen LogP contribution >= 0.6 is 0 Å². The van der Waals surface area contributed by atoms with Crippen LogP contribution in [0, 0.1) is 0 Å². The first-order chi connectivity index (χ1) is 9.11. The van der Waals surface area contributed by atoms with Crippen LogP contribution in [0.2, 0.25) is 0 Å². The van der Waals surface area contributed by atoms with Crippen LogP contribution in [0.1, 0.15) is 21.5 Å². The molecule has 3 N–H and O–H groups in total. The van der Waals surface area contributed by atoms with Crippen molar-refractivity contribution < 1.29 is 9.90 Å². The Kier molecular flexibility index (Phi) is 3.77.